The maximum atomic E-state index is 6.09. The van der Waals surface area contributed by atoms with Crippen LogP contribution in [0.1, 0.15) is 31.0 Å². The van der Waals surface area contributed by atoms with E-state index < -0.39 is 0 Å². The summed E-state index contributed by atoms with van der Waals surface area (Å²) in [5, 5.41) is 0. The Morgan fingerprint density at radius 2 is 1.68 bits per heavy atom. The molecule has 25 heavy (non-hydrogen) atoms. The van der Waals surface area contributed by atoms with E-state index in [1.54, 1.807) is 0 Å². The number of rotatable bonds is 6. The molecule has 4 heteroatoms. The number of benzene rings is 2. The van der Waals surface area contributed by atoms with E-state index in [4.69, 9.17) is 15.2 Å². The zero-order valence-electron chi connectivity index (χ0n) is 15.1. The second kappa shape index (κ2) is 8.48. The summed E-state index contributed by atoms with van der Waals surface area (Å²) < 4.78 is 11.7. The molecule has 0 bridgehead atoms. The highest BCUT2D eigenvalue weighted by Crippen LogP contribution is 2.26. The molecule has 134 valence electrons. The van der Waals surface area contributed by atoms with Crippen LogP contribution in [-0.4, -0.2) is 36.7 Å². The maximum absolute atomic E-state index is 6.09. The Kier molecular flexibility index (Phi) is 6.08. The molecule has 0 aliphatic carbocycles. The minimum absolute atomic E-state index is 0.219. The van der Waals surface area contributed by atoms with Gasteiger partial charge in [0.05, 0.1) is 12.2 Å². The fraction of sp³-hybridized carbons (Fsp3) is 0.429. The zero-order chi connectivity index (χ0) is 17.6. The number of hydrogen-bond acceptors (Lipinski definition) is 4. The summed E-state index contributed by atoms with van der Waals surface area (Å²) in [6.07, 6.45) is 0.484. The van der Waals surface area contributed by atoms with Crippen LogP contribution in [0.3, 0.4) is 0 Å². The van der Waals surface area contributed by atoms with Gasteiger partial charge >= 0.3 is 0 Å². The summed E-state index contributed by atoms with van der Waals surface area (Å²) in [6, 6.07) is 18.7. The van der Waals surface area contributed by atoms with Crippen LogP contribution in [0, 0.1) is 0 Å². The average molecular weight is 340 g/mol. The van der Waals surface area contributed by atoms with Gasteiger partial charge < -0.3 is 15.2 Å². The lowest BCUT2D eigenvalue weighted by atomic mass is 10.0. The van der Waals surface area contributed by atoms with Crippen LogP contribution in [-0.2, 0) is 11.3 Å². The first-order valence-corrected chi connectivity index (χ1v) is 9.02. The van der Waals surface area contributed by atoms with Crippen LogP contribution in [0.4, 0.5) is 0 Å². The van der Waals surface area contributed by atoms with Crippen molar-refractivity contribution in [3.63, 3.8) is 0 Å². The number of morpholine rings is 1. The monoisotopic (exact) mass is 340 g/mol. The molecule has 2 aromatic carbocycles. The molecule has 0 saturated carbocycles. The third kappa shape index (κ3) is 4.82. The van der Waals surface area contributed by atoms with Crippen molar-refractivity contribution < 1.29 is 9.47 Å². The summed E-state index contributed by atoms with van der Waals surface area (Å²) in [5.74, 6) is 0.882. The van der Waals surface area contributed by atoms with Gasteiger partial charge in [0, 0.05) is 25.7 Å². The van der Waals surface area contributed by atoms with Gasteiger partial charge in [-0.15, -0.1) is 0 Å². The molecule has 0 amide bonds. The van der Waals surface area contributed by atoms with Gasteiger partial charge in [-0.3, -0.25) is 4.90 Å². The SMILES string of the molecule is CC1CN(C(CN)c2ccc(OCc3ccccc3)cc2)CC(C)O1. The predicted octanol–water partition coefficient (Wildman–Crippen LogP) is 3.37. The lowest BCUT2D eigenvalue weighted by Gasteiger charge is -2.40. The van der Waals surface area contributed by atoms with Crippen molar-refractivity contribution in [1.82, 2.24) is 4.90 Å². The third-order valence-corrected chi connectivity index (χ3v) is 4.63. The Morgan fingerprint density at radius 3 is 2.28 bits per heavy atom. The molecule has 2 N–H and O–H groups in total. The van der Waals surface area contributed by atoms with Crippen molar-refractivity contribution in [2.75, 3.05) is 19.6 Å². The Hall–Kier alpha value is -1.88. The van der Waals surface area contributed by atoms with Crippen LogP contribution < -0.4 is 10.5 Å². The first-order chi connectivity index (χ1) is 12.2. The van der Waals surface area contributed by atoms with Gasteiger partial charge in [-0.2, -0.15) is 0 Å². The van der Waals surface area contributed by atoms with Crippen LogP contribution in [0.25, 0.3) is 0 Å². The molecule has 1 saturated heterocycles. The molecule has 2 aromatic rings. The van der Waals surface area contributed by atoms with Crippen molar-refractivity contribution in [1.29, 1.82) is 0 Å². The van der Waals surface area contributed by atoms with Gasteiger partial charge in [0.1, 0.15) is 12.4 Å². The van der Waals surface area contributed by atoms with Crippen molar-refractivity contribution in [3.05, 3.63) is 65.7 Å². The predicted molar refractivity (Wildman–Crippen MR) is 101 cm³/mol. The molecule has 0 spiro atoms. The van der Waals surface area contributed by atoms with Gasteiger partial charge in [-0.05, 0) is 37.1 Å². The molecule has 3 rings (SSSR count). The molecule has 3 unspecified atom stereocenters. The van der Waals surface area contributed by atoms with Crippen molar-refractivity contribution in [2.45, 2.75) is 38.7 Å². The third-order valence-electron chi connectivity index (χ3n) is 4.63. The maximum Gasteiger partial charge on any atom is 0.119 e. The lowest BCUT2D eigenvalue weighted by Crippen LogP contribution is -2.48. The topological polar surface area (TPSA) is 47.7 Å². The van der Waals surface area contributed by atoms with Crippen molar-refractivity contribution >= 4 is 0 Å². The van der Waals surface area contributed by atoms with E-state index in [2.05, 4.69) is 43.0 Å². The Morgan fingerprint density at radius 1 is 1.04 bits per heavy atom. The second-order valence-corrected chi connectivity index (χ2v) is 6.81. The van der Waals surface area contributed by atoms with Crippen LogP contribution in [0.15, 0.2) is 54.6 Å². The summed E-state index contributed by atoms with van der Waals surface area (Å²) >= 11 is 0. The highest BCUT2D eigenvalue weighted by molar-refractivity contribution is 5.30. The summed E-state index contributed by atoms with van der Waals surface area (Å²) in [5.41, 5.74) is 8.49. The largest absolute Gasteiger partial charge is 0.489 e. The molecule has 1 heterocycles. The van der Waals surface area contributed by atoms with E-state index in [1.165, 1.54) is 11.1 Å². The second-order valence-electron chi connectivity index (χ2n) is 6.81. The Bertz CT molecular complexity index is 635. The Balaban J connectivity index is 1.63. The highest BCUT2D eigenvalue weighted by atomic mass is 16.5. The van der Waals surface area contributed by atoms with Crippen LogP contribution >= 0.6 is 0 Å². The normalized spacial score (nSPS) is 22.5. The number of nitrogens with two attached hydrogens (primary N) is 1. The van der Waals surface area contributed by atoms with Gasteiger partial charge in [-0.1, -0.05) is 42.5 Å². The minimum Gasteiger partial charge on any atom is -0.489 e. The highest BCUT2D eigenvalue weighted by Gasteiger charge is 2.28. The number of nitrogens with zero attached hydrogens (tertiary/aromatic N) is 1. The molecule has 0 aromatic heterocycles. The quantitative estimate of drug-likeness (QED) is 0.876. The van der Waals surface area contributed by atoms with E-state index in [0.29, 0.717) is 13.2 Å². The van der Waals surface area contributed by atoms with Crippen LogP contribution in [0.2, 0.25) is 0 Å². The molecular weight excluding hydrogens is 312 g/mol. The number of ether oxygens (including phenoxy) is 2. The molecular formula is C21H28N2O2. The smallest absolute Gasteiger partial charge is 0.119 e. The van der Waals surface area contributed by atoms with E-state index >= 15 is 0 Å². The molecule has 3 atom stereocenters. The van der Waals surface area contributed by atoms with Gasteiger partial charge in [0.15, 0.2) is 0 Å². The summed E-state index contributed by atoms with van der Waals surface area (Å²) in [7, 11) is 0. The van der Waals surface area contributed by atoms with Gasteiger partial charge in [0.25, 0.3) is 0 Å². The fourth-order valence-electron chi connectivity index (χ4n) is 3.50. The fourth-order valence-corrected chi connectivity index (χ4v) is 3.50. The average Bonchev–Trinajstić information content (AvgIpc) is 2.62. The lowest BCUT2D eigenvalue weighted by molar-refractivity contribution is -0.0799. The molecule has 4 nitrogen and oxygen atoms in total. The molecule has 1 aliphatic rings. The van der Waals surface area contributed by atoms with Gasteiger partial charge in [-0.25, -0.2) is 0 Å². The Labute approximate surface area is 150 Å². The summed E-state index contributed by atoms with van der Waals surface area (Å²) in [6.45, 7) is 7.26. The van der Waals surface area contributed by atoms with Crippen LogP contribution in [0.5, 0.6) is 5.75 Å². The minimum atomic E-state index is 0.219. The zero-order valence-corrected chi connectivity index (χ0v) is 15.1. The standard InChI is InChI=1S/C21H28N2O2/c1-16-13-23(14-17(2)25-16)21(12-22)19-8-10-20(11-9-19)24-15-18-6-4-3-5-7-18/h3-11,16-17,21H,12-15,22H2,1-2H3. The van der Waals surface area contributed by atoms with E-state index in [-0.39, 0.29) is 18.2 Å². The first kappa shape index (κ1) is 17.9. The number of hydrogen-bond donors (Lipinski definition) is 1. The van der Waals surface area contributed by atoms with Gasteiger partial charge in [0.2, 0.25) is 0 Å². The van der Waals surface area contributed by atoms with E-state index in [0.717, 1.165) is 18.8 Å². The first-order valence-electron chi connectivity index (χ1n) is 9.02. The molecule has 1 aliphatic heterocycles. The van der Waals surface area contributed by atoms with E-state index in [1.807, 2.05) is 30.3 Å². The molecule has 1 fully saturated rings. The summed E-state index contributed by atoms with van der Waals surface area (Å²) in [4.78, 5) is 2.43. The van der Waals surface area contributed by atoms with E-state index in [9.17, 15) is 0 Å². The van der Waals surface area contributed by atoms with Crippen molar-refractivity contribution in [3.8, 4) is 5.75 Å². The molecule has 0 radical (unpaired) electrons. The van der Waals surface area contributed by atoms with Crippen molar-refractivity contribution in [2.24, 2.45) is 5.73 Å².